The molecule has 4 nitrogen and oxygen atoms in total. The van der Waals surface area contributed by atoms with Crippen molar-refractivity contribution in [1.29, 1.82) is 0 Å². The van der Waals surface area contributed by atoms with Crippen LogP contribution in [-0.4, -0.2) is 29.8 Å². The van der Waals surface area contributed by atoms with Gasteiger partial charge in [-0.25, -0.2) is 4.99 Å². The van der Waals surface area contributed by atoms with Gasteiger partial charge in [-0.1, -0.05) is 42.6 Å². The van der Waals surface area contributed by atoms with E-state index in [1.807, 2.05) is 31.2 Å². The number of benzene rings is 1. The van der Waals surface area contributed by atoms with Gasteiger partial charge in [0.1, 0.15) is 0 Å². The molecule has 1 aromatic carbocycles. The van der Waals surface area contributed by atoms with Gasteiger partial charge in [-0.2, -0.15) is 0 Å². The van der Waals surface area contributed by atoms with Crippen LogP contribution >= 0.6 is 11.6 Å². The molecule has 0 aliphatic heterocycles. The van der Waals surface area contributed by atoms with Crippen molar-refractivity contribution in [3.05, 3.63) is 34.9 Å². The lowest BCUT2D eigenvalue weighted by molar-refractivity contribution is 0.0522. The Morgan fingerprint density at radius 3 is 2.67 bits per heavy atom. The van der Waals surface area contributed by atoms with Crippen molar-refractivity contribution in [2.24, 2.45) is 4.99 Å². The van der Waals surface area contributed by atoms with E-state index in [1.165, 1.54) is 0 Å². The maximum atomic E-state index is 10.4. The zero-order chi connectivity index (χ0) is 15.1. The van der Waals surface area contributed by atoms with E-state index in [2.05, 4.69) is 15.6 Å². The maximum absolute atomic E-state index is 10.4. The van der Waals surface area contributed by atoms with Crippen LogP contribution in [0.25, 0.3) is 0 Å². The monoisotopic (exact) mass is 309 g/mol. The van der Waals surface area contributed by atoms with Gasteiger partial charge >= 0.3 is 0 Å². The van der Waals surface area contributed by atoms with E-state index in [9.17, 15) is 5.11 Å². The molecule has 0 atom stereocenters. The molecular formula is C16H24ClN3O. The molecular weight excluding hydrogens is 286 g/mol. The summed E-state index contributed by atoms with van der Waals surface area (Å²) in [7, 11) is 0. The largest absolute Gasteiger partial charge is 0.388 e. The normalized spacial score (nSPS) is 17.8. The quantitative estimate of drug-likeness (QED) is 0.579. The molecule has 1 fully saturated rings. The van der Waals surface area contributed by atoms with Gasteiger partial charge in [-0.15, -0.1) is 0 Å². The second kappa shape index (κ2) is 7.66. The van der Waals surface area contributed by atoms with Gasteiger partial charge < -0.3 is 15.7 Å². The average Bonchev–Trinajstić information content (AvgIpc) is 2.91. The number of aliphatic imine (C=N–C) groups is 1. The molecule has 0 aromatic heterocycles. The number of guanidine groups is 1. The molecule has 0 bridgehead atoms. The molecule has 0 amide bonds. The number of nitrogens with zero attached hydrogens (tertiary/aromatic N) is 1. The van der Waals surface area contributed by atoms with Crippen LogP contribution in [-0.2, 0) is 6.54 Å². The lowest BCUT2D eigenvalue weighted by Gasteiger charge is -2.23. The Hall–Kier alpha value is -1.26. The number of hydrogen-bond donors (Lipinski definition) is 3. The minimum atomic E-state index is -0.583. The Morgan fingerprint density at radius 1 is 1.29 bits per heavy atom. The standard InChI is InChI=1S/C16H24ClN3O/c1-2-18-15(20-12-16(21)9-5-6-10-16)19-11-13-7-3-4-8-14(13)17/h3-4,7-8,21H,2,5-6,9-12H2,1H3,(H2,18,19,20). The fourth-order valence-electron chi connectivity index (χ4n) is 2.59. The van der Waals surface area contributed by atoms with E-state index < -0.39 is 5.60 Å². The molecule has 0 unspecified atom stereocenters. The summed E-state index contributed by atoms with van der Waals surface area (Å²) in [6.45, 7) is 3.87. The molecule has 21 heavy (non-hydrogen) atoms. The van der Waals surface area contributed by atoms with Gasteiger partial charge in [0.05, 0.1) is 12.1 Å². The zero-order valence-corrected chi connectivity index (χ0v) is 13.3. The third-order valence-electron chi connectivity index (χ3n) is 3.83. The molecule has 0 radical (unpaired) electrons. The molecule has 1 saturated carbocycles. The minimum Gasteiger partial charge on any atom is -0.388 e. The third kappa shape index (κ3) is 4.90. The summed E-state index contributed by atoms with van der Waals surface area (Å²) in [5.74, 6) is 0.720. The molecule has 3 N–H and O–H groups in total. The van der Waals surface area contributed by atoms with E-state index in [4.69, 9.17) is 11.6 Å². The van der Waals surface area contributed by atoms with Gasteiger partial charge in [0.15, 0.2) is 5.96 Å². The molecule has 116 valence electrons. The van der Waals surface area contributed by atoms with E-state index in [1.54, 1.807) is 0 Å². The highest BCUT2D eigenvalue weighted by atomic mass is 35.5. The SMILES string of the molecule is CCNC(=NCc1ccccc1Cl)NCC1(O)CCCC1. The Morgan fingerprint density at radius 2 is 2.00 bits per heavy atom. The first-order chi connectivity index (χ1) is 10.1. The number of halogens is 1. The number of nitrogens with one attached hydrogen (secondary N) is 2. The molecule has 1 aliphatic rings. The Kier molecular flexibility index (Phi) is 5.88. The predicted molar refractivity (Wildman–Crippen MR) is 87.7 cm³/mol. The summed E-state index contributed by atoms with van der Waals surface area (Å²) in [5.41, 5.74) is 0.413. The van der Waals surface area contributed by atoms with Crippen molar-refractivity contribution in [1.82, 2.24) is 10.6 Å². The lowest BCUT2D eigenvalue weighted by atomic mass is 10.0. The predicted octanol–water partition coefficient (Wildman–Crippen LogP) is 2.70. The average molecular weight is 310 g/mol. The fourth-order valence-corrected chi connectivity index (χ4v) is 2.79. The molecule has 5 heteroatoms. The van der Waals surface area contributed by atoms with Crippen molar-refractivity contribution >= 4 is 17.6 Å². The van der Waals surface area contributed by atoms with Crippen LogP contribution in [0, 0.1) is 0 Å². The summed E-state index contributed by atoms with van der Waals surface area (Å²) < 4.78 is 0. The summed E-state index contributed by atoms with van der Waals surface area (Å²) in [4.78, 5) is 4.54. The van der Waals surface area contributed by atoms with E-state index >= 15 is 0 Å². The van der Waals surface area contributed by atoms with Crippen LogP contribution in [0.3, 0.4) is 0 Å². The third-order valence-corrected chi connectivity index (χ3v) is 4.20. The molecule has 0 spiro atoms. The summed E-state index contributed by atoms with van der Waals surface area (Å²) in [6.07, 6.45) is 3.94. The van der Waals surface area contributed by atoms with Gasteiger partial charge in [0.2, 0.25) is 0 Å². The van der Waals surface area contributed by atoms with Crippen LogP contribution in [0.15, 0.2) is 29.3 Å². The van der Waals surface area contributed by atoms with E-state index in [-0.39, 0.29) is 0 Å². The Balaban J connectivity index is 1.94. The van der Waals surface area contributed by atoms with Crippen LogP contribution in [0.5, 0.6) is 0 Å². The highest BCUT2D eigenvalue weighted by Crippen LogP contribution is 2.28. The maximum Gasteiger partial charge on any atom is 0.191 e. The molecule has 0 heterocycles. The Labute approximate surface area is 131 Å². The van der Waals surface area contributed by atoms with Crippen LogP contribution < -0.4 is 10.6 Å². The molecule has 0 saturated heterocycles. The van der Waals surface area contributed by atoms with Gasteiger partial charge in [0.25, 0.3) is 0 Å². The van der Waals surface area contributed by atoms with Crippen molar-refractivity contribution < 1.29 is 5.11 Å². The first-order valence-corrected chi connectivity index (χ1v) is 7.99. The van der Waals surface area contributed by atoms with Gasteiger partial charge in [-0.05, 0) is 31.4 Å². The number of rotatable bonds is 5. The van der Waals surface area contributed by atoms with E-state index in [0.717, 1.165) is 48.8 Å². The van der Waals surface area contributed by atoms with Crippen molar-refractivity contribution in [3.8, 4) is 0 Å². The van der Waals surface area contributed by atoms with Crippen molar-refractivity contribution in [2.75, 3.05) is 13.1 Å². The van der Waals surface area contributed by atoms with Gasteiger partial charge in [0, 0.05) is 18.1 Å². The Bertz CT molecular complexity index is 484. The highest BCUT2D eigenvalue weighted by Gasteiger charge is 2.30. The summed E-state index contributed by atoms with van der Waals surface area (Å²) in [5, 5.41) is 17.5. The number of aliphatic hydroxyl groups is 1. The zero-order valence-electron chi connectivity index (χ0n) is 12.5. The summed E-state index contributed by atoms with van der Waals surface area (Å²) in [6, 6.07) is 7.71. The summed E-state index contributed by atoms with van der Waals surface area (Å²) >= 11 is 6.14. The topological polar surface area (TPSA) is 56.7 Å². The molecule has 1 aromatic rings. The lowest BCUT2D eigenvalue weighted by Crippen LogP contribution is -2.46. The van der Waals surface area contributed by atoms with Crippen LogP contribution in [0.4, 0.5) is 0 Å². The highest BCUT2D eigenvalue weighted by molar-refractivity contribution is 6.31. The first kappa shape index (κ1) is 16.1. The smallest absolute Gasteiger partial charge is 0.191 e. The number of hydrogen-bond acceptors (Lipinski definition) is 2. The second-order valence-electron chi connectivity index (χ2n) is 5.57. The van der Waals surface area contributed by atoms with Crippen molar-refractivity contribution in [2.45, 2.75) is 44.8 Å². The van der Waals surface area contributed by atoms with Crippen molar-refractivity contribution in [3.63, 3.8) is 0 Å². The van der Waals surface area contributed by atoms with Crippen LogP contribution in [0.2, 0.25) is 5.02 Å². The first-order valence-electron chi connectivity index (χ1n) is 7.61. The van der Waals surface area contributed by atoms with E-state index in [0.29, 0.717) is 13.1 Å². The molecule has 1 aliphatic carbocycles. The minimum absolute atomic E-state index is 0.521. The van der Waals surface area contributed by atoms with Gasteiger partial charge in [-0.3, -0.25) is 0 Å². The molecule has 2 rings (SSSR count). The fraction of sp³-hybridized carbons (Fsp3) is 0.562. The van der Waals surface area contributed by atoms with Crippen LogP contribution in [0.1, 0.15) is 38.2 Å². The second-order valence-corrected chi connectivity index (χ2v) is 5.98.